The number of aliphatic hydroxyl groups excluding tert-OH is 1. The summed E-state index contributed by atoms with van der Waals surface area (Å²) < 4.78 is 10.6. The number of nitrogens with zero attached hydrogens (tertiary/aromatic N) is 1. The summed E-state index contributed by atoms with van der Waals surface area (Å²) >= 11 is 12.1. The minimum atomic E-state index is -0.756. The Kier molecular flexibility index (Phi) is 8.19. The second-order valence-electron chi connectivity index (χ2n) is 5.98. The Bertz CT molecular complexity index is 736. The number of benzene rings is 2. The maximum atomic E-state index is 12.2. The van der Waals surface area contributed by atoms with Gasteiger partial charge < -0.3 is 19.9 Å². The van der Waals surface area contributed by atoms with Gasteiger partial charge in [-0.3, -0.25) is 9.69 Å². The number of rotatable bonds is 9. The molecule has 0 spiro atoms. The van der Waals surface area contributed by atoms with Crippen LogP contribution >= 0.6 is 23.2 Å². The predicted molar refractivity (Wildman–Crippen MR) is 107 cm³/mol. The Morgan fingerprint density at radius 3 is 2.33 bits per heavy atom. The first-order chi connectivity index (χ1) is 12.9. The number of likely N-dealkylation sites (N-methyl/N-ethyl adjacent to an activating group) is 1. The van der Waals surface area contributed by atoms with Crippen molar-refractivity contribution in [3.63, 3.8) is 0 Å². The van der Waals surface area contributed by atoms with E-state index in [2.05, 4.69) is 5.32 Å². The van der Waals surface area contributed by atoms with Crippen molar-refractivity contribution in [2.45, 2.75) is 6.10 Å². The van der Waals surface area contributed by atoms with Crippen molar-refractivity contribution in [1.29, 1.82) is 0 Å². The van der Waals surface area contributed by atoms with Gasteiger partial charge in [-0.15, -0.1) is 0 Å². The lowest BCUT2D eigenvalue weighted by molar-refractivity contribution is -0.117. The van der Waals surface area contributed by atoms with E-state index in [1.165, 1.54) is 0 Å². The number of hydrogen-bond acceptors (Lipinski definition) is 5. The van der Waals surface area contributed by atoms with Crippen LogP contribution in [0.4, 0.5) is 5.69 Å². The number of nitrogens with one attached hydrogen (secondary N) is 1. The average Bonchev–Trinajstić information content (AvgIpc) is 2.63. The van der Waals surface area contributed by atoms with Crippen molar-refractivity contribution in [3.8, 4) is 11.5 Å². The molecule has 0 bridgehead atoms. The Balaban J connectivity index is 1.76. The summed E-state index contributed by atoms with van der Waals surface area (Å²) in [6.07, 6.45) is -0.756. The molecule has 1 amide bonds. The quantitative estimate of drug-likeness (QED) is 0.660. The van der Waals surface area contributed by atoms with Crippen LogP contribution in [0.2, 0.25) is 10.0 Å². The second kappa shape index (κ2) is 10.4. The number of aliphatic hydroxyl groups is 1. The van der Waals surface area contributed by atoms with Gasteiger partial charge in [0.1, 0.15) is 24.2 Å². The van der Waals surface area contributed by atoms with Gasteiger partial charge in [-0.1, -0.05) is 29.3 Å². The van der Waals surface area contributed by atoms with E-state index in [-0.39, 0.29) is 25.6 Å². The molecule has 0 fully saturated rings. The highest BCUT2D eigenvalue weighted by Crippen LogP contribution is 2.29. The minimum Gasteiger partial charge on any atom is -0.497 e. The zero-order chi connectivity index (χ0) is 19.8. The van der Waals surface area contributed by atoms with E-state index < -0.39 is 6.10 Å². The van der Waals surface area contributed by atoms with E-state index >= 15 is 0 Å². The number of anilines is 1. The van der Waals surface area contributed by atoms with Gasteiger partial charge in [0.15, 0.2) is 0 Å². The molecule has 0 aliphatic carbocycles. The third-order valence-corrected chi connectivity index (χ3v) is 4.29. The maximum Gasteiger partial charge on any atom is 0.238 e. The Hall–Kier alpha value is -1.99. The molecule has 8 heteroatoms. The van der Waals surface area contributed by atoms with Crippen molar-refractivity contribution in [2.24, 2.45) is 0 Å². The van der Waals surface area contributed by atoms with Crippen molar-refractivity contribution < 1.29 is 19.4 Å². The Labute approximate surface area is 168 Å². The summed E-state index contributed by atoms with van der Waals surface area (Å²) in [6, 6.07) is 12.1. The molecule has 2 aromatic carbocycles. The highest BCUT2D eigenvalue weighted by atomic mass is 35.5. The molecule has 1 unspecified atom stereocenters. The van der Waals surface area contributed by atoms with Gasteiger partial charge in [0.25, 0.3) is 0 Å². The molecule has 2 N–H and O–H groups in total. The number of hydrogen-bond donors (Lipinski definition) is 2. The number of para-hydroxylation sites is 1. The molecule has 6 nitrogen and oxygen atoms in total. The SMILES string of the molecule is COc1ccc(OCC(O)CN(C)CC(=O)Nc2c(Cl)cccc2Cl)cc1. The van der Waals surface area contributed by atoms with Crippen molar-refractivity contribution in [3.05, 3.63) is 52.5 Å². The number of ether oxygens (including phenoxy) is 2. The first-order valence-electron chi connectivity index (χ1n) is 8.26. The fourth-order valence-electron chi connectivity index (χ4n) is 2.38. The number of carbonyl (C=O) groups excluding carboxylic acids is 1. The largest absolute Gasteiger partial charge is 0.497 e. The fourth-order valence-corrected chi connectivity index (χ4v) is 2.87. The topological polar surface area (TPSA) is 71.0 Å². The molecule has 1 atom stereocenters. The van der Waals surface area contributed by atoms with Crippen molar-refractivity contribution in [2.75, 3.05) is 39.2 Å². The lowest BCUT2D eigenvalue weighted by atomic mass is 10.3. The van der Waals surface area contributed by atoms with Crippen LogP contribution < -0.4 is 14.8 Å². The number of methoxy groups -OCH3 is 1. The van der Waals surface area contributed by atoms with Crippen LogP contribution in [0.5, 0.6) is 11.5 Å². The predicted octanol–water partition coefficient (Wildman–Crippen LogP) is 3.31. The van der Waals surface area contributed by atoms with Crippen LogP contribution in [0.25, 0.3) is 0 Å². The third kappa shape index (κ3) is 6.92. The molecule has 0 aliphatic rings. The molecule has 0 aliphatic heterocycles. The first-order valence-corrected chi connectivity index (χ1v) is 9.02. The highest BCUT2D eigenvalue weighted by molar-refractivity contribution is 6.39. The summed E-state index contributed by atoms with van der Waals surface area (Å²) in [7, 11) is 3.32. The molecule has 0 saturated carbocycles. The monoisotopic (exact) mass is 412 g/mol. The first kappa shape index (κ1) is 21.3. The number of carbonyl (C=O) groups is 1. The van der Waals surface area contributed by atoms with Crippen molar-refractivity contribution in [1.82, 2.24) is 4.90 Å². The lowest BCUT2D eigenvalue weighted by Crippen LogP contribution is -2.37. The van der Waals surface area contributed by atoms with E-state index in [0.717, 1.165) is 5.75 Å². The van der Waals surface area contributed by atoms with Crippen LogP contribution in [0.15, 0.2) is 42.5 Å². The molecule has 2 rings (SSSR count). The normalized spacial score (nSPS) is 11.9. The van der Waals surface area contributed by atoms with Gasteiger partial charge in [-0.05, 0) is 43.4 Å². The molecule has 2 aromatic rings. The molecule has 27 heavy (non-hydrogen) atoms. The summed E-state index contributed by atoms with van der Waals surface area (Å²) in [5, 5.41) is 13.5. The van der Waals surface area contributed by atoms with E-state index in [4.69, 9.17) is 32.7 Å². The zero-order valence-electron chi connectivity index (χ0n) is 15.1. The highest BCUT2D eigenvalue weighted by Gasteiger charge is 2.14. The van der Waals surface area contributed by atoms with Crippen LogP contribution in [0, 0.1) is 0 Å². The van der Waals surface area contributed by atoms with Gasteiger partial charge in [0.05, 0.1) is 29.4 Å². The van der Waals surface area contributed by atoms with Crippen LogP contribution in [-0.2, 0) is 4.79 Å². The molecule has 0 aromatic heterocycles. The molecule has 0 radical (unpaired) electrons. The average molecular weight is 413 g/mol. The van der Waals surface area contributed by atoms with Crippen LogP contribution in [0.1, 0.15) is 0 Å². The molecular weight excluding hydrogens is 391 g/mol. The summed E-state index contributed by atoms with van der Waals surface area (Å²) in [6.45, 7) is 0.440. The fraction of sp³-hybridized carbons (Fsp3) is 0.316. The zero-order valence-corrected chi connectivity index (χ0v) is 16.6. The summed E-state index contributed by atoms with van der Waals surface area (Å²) in [5.74, 6) is 1.08. The Morgan fingerprint density at radius 2 is 1.74 bits per heavy atom. The van der Waals surface area contributed by atoms with Gasteiger partial charge in [-0.2, -0.15) is 0 Å². The lowest BCUT2D eigenvalue weighted by Gasteiger charge is -2.20. The second-order valence-corrected chi connectivity index (χ2v) is 6.80. The molecule has 146 valence electrons. The summed E-state index contributed by atoms with van der Waals surface area (Å²) in [5.41, 5.74) is 0.377. The Morgan fingerprint density at radius 1 is 1.15 bits per heavy atom. The van der Waals surface area contributed by atoms with E-state index in [1.54, 1.807) is 61.5 Å². The smallest absolute Gasteiger partial charge is 0.238 e. The number of halogens is 2. The van der Waals surface area contributed by atoms with E-state index in [9.17, 15) is 9.90 Å². The summed E-state index contributed by atoms with van der Waals surface area (Å²) in [4.78, 5) is 13.8. The minimum absolute atomic E-state index is 0.0706. The molecule has 0 saturated heterocycles. The number of amides is 1. The van der Waals surface area contributed by atoms with Crippen molar-refractivity contribution >= 4 is 34.8 Å². The van der Waals surface area contributed by atoms with Gasteiger partial charge in [-0.25, -0.2) is 0 Å². The van der Waals surface area contributed by atoms with Crippen LogP contribution in [-0.4, -0.2) is 55.9 Å². The van der Waals surface area contributed by atoms with Gasteiger partial charge in [0, 0.05) is 6.54 Å². The van der Waals surface area contributed by atoms with Gasteiger partial charge >= 0.3 is 0 Å². The molecular formula is C19H22Cl2N2O4. The maximum absolute atomic E-state index is 12.2. The third-order valence-electron chi connectivity index (χ3n) is 3.66. The standard InChI is InChI=1S/C19H22Cl2N2O4/c1-23(11-18(25)22-19-16(20)4-3-5-17(19)21)10-13(24)12-27-15-8-6-14(26-2)7-9-15/h3-9,13,24H,10-12H2,1-2H3,(H,22,25). The van der Waals surface area contributed by atoms with Crippen LogP contribution in [0.3, 0.4) is 0 Å². The van der Waals surface area contributed by atoms with E-state index in [0.29, 0.717) is 21.5 Å². The van der Waals surface area contributed by atoms with Gasteiger partial charge in [0.2, 0.25) is 5.91 Å². The van der Waals surface area contributed by atoms with E-state index in [1.807, 2.05) is 0 Å². The molecule has 0 heterocycles.